The summed E-state index contributed by atoms with van der Waals surface area (Å²) in [5.41, 5.74) is 5.88. The van der Waals surface area contributed by atoms with Crippen LogP contribution in [-0.2, 0) is 34.3 Å². The highest BCUT2D eigenvalue weighted by Crippen LogP contribution is 2.26. The van der Waals surface area contributed by atoms with Crippen LogP contribution in [0.2, 0.25) is 0 Å². The Bertz CT molecular complexity index is 1670. The first-order chi connectivity index (χ1) is 18.3. The maximum absolute atomic E-state index is 13.3. The number of hydrogen-bond acceptors (Lipinski definition) is 5. The molecule has 0 bridgehead atoms. The number of sulfonamides is 1. The van der Waals surface area contributed by atoms with Gasteiger partial charge < -0.3 is 9.30 Å². The molecule has 0 aliphatic carbocycles. The maximum Gasteiger partial charge on any atom is 0.279 e. The van der Waals surface area contributed by atoms with Crippen LogP contribution < -0.4 is 4.80 Å². The Morgan fingerprint density at radius 1 is 1.05 bits per heavy atom. The molecule has 0 spiro atoms. The highest BCUT2D eigenvalue weighted by Gasteiger charge is 2.28. The van der Waals surface area contributed by atoms with Crippen molar-refractivity contribution in [2.24, 2.45) is 4.99 Å². The fraction of sp³-hybridized carbons (Fsp3) is 0.310. The molecule has 0 fully saturated rings. The minimum atomic E-state index is -3.68. The van der Waals surface area contributed by atoms with E-state index in [0.717, 1.165) is 26.9 Å². The van der Waals surface area contributed by atoms with Gasteiger partial charge in [-0.1, -0.05) is 41.7 Å². The standard InChI is InChI=1S/C29H31N3O4S2/c1-4-36-16-15-32-27-21(3)17-20(2)18-26(27)37-29(32)30-28(33)23-9-11-25(12-10-23)38(34,35)31-14-13-22-7-5-6-8-24(22)19-31/h5-12,17-18H,4,13-16,19H2,1-3H3. The molecule has 0 N–H and O–H groups in total. The Hall–Kier alpha value is -3.11. The molecule has 1 aromatic heterocycles. The Balaban J connectivity index is 1.43. The van der Waals surface area contributed by atoms with Crippen molar-refractivity contribution in [1.82, 2.24) is 8.87 Å². The number of rotatable bonds is 7. The van der Waals surface area contributed by atoms with Crippen LogP contribution in [-0.4, -0.2) is 43.0 Å². The topological polar surface area (TPSA) is 81.0 Å². The lowest BCUT2D eigenvalue weighted by molar-refractivity contribution is 0.0996. The number of carbonyl (C=O) groups is 1. The summed E-state index contributed by atoms with van der Waals surface area (Å²) in [6.45, 7) is 8.56. The lowest BCUT2D eigenvalue weighted by Gasteiger charge is -2.28. The molecule has 4 aromatic rings. The van der Waals surface area contributed by atoms with Gasteiger partial charge in [-0.05, 0) is 79.8 Å². The Morgan fingerprint density at radius 3 is 2.53 bits per heavy atom. The second-order valence-corrected chi connectivity index (χ2v) is 12.4. The van der Waals surface area contributed by atoms with Gasteiger partial charge in [-0.15, -0.1) is 0 Å². The molecule has 1 amide bonds. The summed E-state index contributed by atoms with van der Waals surface area (Å²) >= 11 is 1.47. The number of nitrogens with zero attached hydrogens (tertiary/aromatic N) is 3. The smallest absolute Gasteiger partial charge is 0.279 e. The van der Waals surface area contributed by atoms with Crippen molar-refractivity contribution in [3.63, 3.8) is 0 Å². The van der Waals surface area contributed by atoms with Gasteiger partial charge in [0.05, 0.1) is 21.7 Å². The number of ether oxygens (including phenoxy) is 1. The largest absolute Gasteiger partial charge is 0.380 e. The molecule has 0 atom stereocenters. The zero-order chi connectivity index (χ0) is 26.9. The minimum Gasteiger partial charge on any atom is -0.380 e. The predicted molar refractivity (Wildman–Crippen MR) is 150 cm³/mol. The normalized spacial score (nSPS) is 14.7. The second-order valence-electron chi connectivity index (χ2n) is 9.46. The first-order valence-corrected chi connectivity index (χ1v) is 15.0. The molecule has 198 valence electrons. The summed E-state index contributed by atoms with van der Waals surface area (Å²) in [5.74, 6) is -0.410. The number of fused-ring (bicyclic) bond motifs is 2. The van der Waals surface area contributed by atoms with Crippen LogP contribution in [0.25, 0.3) is 10.2 Å². The molecule has 38 heavy (non-hydrogen) atoms. The van der Waals surface area contributed by atoms with Gasteiger partial charge in [-0.25, -0.2) is 8.42 Å². The van der Waals surface area contributed by atoms with Crippen molar-refractivity contribution in [3.05, 3.63) is 93.3 Å². The SMILES string of the molecule is CCOCCn1c(=NC(=O)c2ccc(S(=O)(=O)N3CCc4ccccc4C3)cc2)sc2cc(C)cc(C)c21. The molecule has 3 aromatic carbocycles. The first kappa shape index (κ1) is 26.5. The molecule has 0 saturated heterocycles. The fourth-order valence-electron chi connectivity index (χ4n) is 4.93. The fourth-order valence-corrected chi connectivity index (χ4v) is 7.58. The summed E-state index contributed by atoms with van der Waals surface area (Å²) in [7, 11) is -3.68. The highest BCUT2D eigenvalue weighted by atomic mass is 32.2. The van der Waals surface area contributed by atoms with E-state index in [2.05, 4.69) is 31.0 Å². The zero-order valence-corrected chi connectivity index (χ0v) is 23.4. The molecular weight excluding hydrogens is 518 g/mol. The lowest BCUT2D eigenvalue weighted by atomic mass is 10.0. The molecule has 5 rings (SSSR count). The molecule has 1 aliphatic heterocycles. The quantitative estimate of drug-likeness (QED) is 0.309. The van der Waals surface area contributed by atoms with Gasteiger partial charge in [0, 0.05) is 31.8 Å². The van der Waals surface area contributed by atoms with E-state index in [1.807, 2.05) is 35.8 Å². The molecule has 7 nitrogen and oxygen atoms in total. The van der Waals surface area contributed by atoms with Gasteiger partial charge in [0.2, 0.25) is 10.0 Å². The van der Waals surface area contributed by atoms with Crippen molar-refractivity contribution >= 4 is 37.5 Å². The third-order valence-electron chi connectivity index (χ3n) is 6.81. The zero-order valence-electron chi connectivity index (χ0n) is 21.8. The van der Waals surface area contributed by atoms with Crippen LogP contribution in [0.4, 0.5) is 0 Å². The van der Waals surface area contributed by atoms with Crippen LogP contribution in [0.1, 0.15) is 39.5 Å². The number of carbonyl (C=O) groups excluding carboxylic acids is 1. The summed E-state index contributed by atoms with van der Waals surface area (Å²) in [4.78, 5) is 18.4. The summed E-state index contributed by atoms with van der Waals surface area (Å²) in [5, 5.41) is 0. The van der Waals surface area contributed by atoms with Crippen LogP contribution in [0.5, 0.6) is 0 Å². The van der Waals surface area contributed by atoms with Gasteiger partial charge in [0.15, 0.2) is 4.80 Å². The average Bonchev–Trinajstić information content (AvgIpc) is 3.25. The maximum atomic E-state index is 13.3. The van der Waals surface area contributed by atoms with Crippen molar-refractivity contribution in [2.45, 2.75) is 45.2 Å². The van der Waals surface area contributed by atoms with E-state index in [9.17, 15) is 13.2 Å². The Morgan fingerprint density at radius 2 is 1.79 bits per heavy atom. The highest BCUT2D eigenvalue weighted by molar-refractivity contribution is 7.89. The Labute approximate surface area is 227 Å². The van der Waals surface area contributed by atoms with E-state index in [0.29, 0.717) is 49.6 Å². The number of aromatic nitrogens is 1. The number of thiazole rings is 1. The molecule has 0 saturated carbocycles. The van der Waals surface area contributed by atoms with Crippen molar-refractivity contribution < 1.29 is 17.9 Å². The second kappa shape index (κ2) is 10.9. The van der Waals surface area contributed by atoms with Crippen molar-refractivity contribution in [3.8, 4) is 0 Å². The molecule has 9 heteroatoms. The summed E-state index contributed by atoms with van der Waals surface area (Å²) < 4.78 is 36.8. The van der Waals surface area contributed by atoms with Gasteiger partial charge in [-0.3, -0.25) is 4.79 Å². The third kappa shape index (κ3) is 5.24. The van der Waals surface area contributed by atoms with E-state index < -0.39 is 15.9 Å². The molecule has 2 heterocycles. The minimum absolute atomic E-state index is 0.174. The Kier molecular flexibility index (Phi) is 7.63. The lowest BCUT2D eigenvalue weighted by Crippen LogP contribution is -2.35. The van der Waals surface area contributed by atoms with Crippen LogP contribution in [0, 0.1) is 13.8 Å². The molecule has 0 radical (unpaired) electrons. The van der Waals surface area contributed by atoms with Crippen LogP contribution >= 0.6 is 11.3 Å². The molecule has 0 unspecified atom stereocenters. The van der Waals surface area contributed by atoms with Gasteiger partial charge >= 0.3 is 0 Å². The van der Waals surface area contributed by atoms with E-state index >= 15 is 0 Å². The third-order valence-corrected chi connectivity index (χ3v) is 9.69. The summed E-state index contributed by atoms with van der Waals surface area (Å²) in [6.07, 6.45) is 0.683. The number of amides is 1. The van der Waals surface area contributed by atoms with E-state index in [1.54, 1.807) is 12.1 Å². The van der Waals surface area contributed by atoms with Gasteiger partial charge in [-0.2, -0.15) is 9.30 Å². The molecule has 1 aliphatic rings. The number of benzene rings is 3. The van der Waals surface area contributed by atoms with Crippen molar-refractivity contribution in [1.29, 1.82) is 0 Å². The number of aryl methyl sites for hydroxylation is 2. The van der Waals surface area contributed by atoms with E-state index in [-0.39, 0.29) is 4.90 Å². The van der Waals surface area contributed by atoms with E-state index in [1.165, 1.54) is 33.3 Å². The van der Waals surface area contributed by atoms with Gasteiger partial charge in [0.25, 0.3) is 5.91 Å². The average molecular weight is 550 g/mol. The first-order valence-electron chi connectivity index (χ1n) is 12.7. The molecular formula is C29H31N3O4S2. The summed E-state index contributed by atoms with van der Waals surface area (Å²) in [6, 6.07) is 18.2. The number of hydrogen-bond donors (Lipinski definition) is 0. The van der Waals surface area contributed by atoms with Gasteiger partial charge in [0.1, 0.15) is 0 Å². The van der Waals surface area contributed by atoms with Crippen LogP contribution in [0.3, 0.4) is 0 Å². The van der Waals surface area contributed by atoms with Crippen molar-refractivity contribution in [2.75, 3.05) is 19.8 Å². The predicted octanol–water partition coefficient (Wildman–Crippen LogP) is 4.84. The van der Waals surface area contributed by atoms with Crippen LogP contribution in [0.15, 0.2) is 70.6 Å². The van der Waals surface area contributed by atoms with E-state index in [4.69, 9.17) is 4.74 Å². The monoisotopic (exact) mass is 549 g/mol.